The van der Waals surface area contributed by atoms with Crippen LogP contribution in [0.15, 0.2) is 23.1 Å². The number of aliphatic hydroxyl groups is 1. The van der Waals surface area contributed by atoms with Crippen molar-refractivity contribution in [3.8, 4) is 0 Å². The monoisotopic (exact) mass is 428 g/mol. The van der Waals surface area contributed by atoms with Crippen LogP contribution < -0.4 is 0 Å². The van der Waals surface area contributed by atoms with E-state index < -0.39 is 44.3 Å². The van der Waals surface area contributed by atoms with Gasteiger partial charge in [-0.2, -0.15) is 13.2 Å². The number of alkyl halides is 5. The molecule has 2 aliphatic rings. The highest BCUT2D eigenvalue weighted by Gasteiger charge is 2.54. The van der Waals surface area contributed by atoms with Crippen molar-refractivity contribution in [2.24, 2.45) is 5.41 Å². The van der Waals surface area contributed by atoms with Gasteiger partial charge in [-0.3, -0.25) is 0 Å². The van der Waals surface area contributed by atoms with Gasteiger partial charge in [0, 0.05) is 12.0 Å². The lowest BCUT2D eigenvalue weighted by Crippen LogP contribution is -2.26. The van der Waals surface area contributed by atoms with Gasteiger partial charge in [-0.05, 0) is 47.4 Å². The third kappa shape index (κ3) is 3.57. The molecule has 0 saturated heterocycles. The van der Waals surface area contributed by atoms with E-state index in [2.05, 4.69) is 0 Å². The van der Waals surface area contributed by atoms with E-state index in [1.165, 1.54) is 0 Å². The third-order valence-corrected chi connectivity index (χ3v) is 6.77. The highest BCUT2D eigenvalue weighted by Crippen LogP contribution is 2.51. The van der Waals surface area contributed by atoms with Crippen molar-refractivity contribution in [2.75, 3.05) is 0 Å². The van der Waals surface area contributed by atoms with Gasteiger partial charge in [0.1, 0.15) is 6.10 Å². The summed E-state index contributed by atoms with van der Waals surface area (Å²) in [7, 11) is -5.87. The molecule has 1 aromatic rings. The number of aliphatic hydroxyl groups excluding tert-OH is 1. The fraction of sp³-hybridized carbons (Fsp3) is 0.556. The van der Waals surface area contributed by atoms with E-state index in [1.54, 1.807) is 0 Å². The number of hydrogen-bond donors (Lipinski definition) is 1. The Hall–Kier alpha value is -1.52. The number of benzene rings is 1. The first-order valence-corrected chi connectivity index (χ1v) is 9.88. The molecule has 1 atom stereocenters. The smallest absolute Gasteiger partial charge is 0.412 e. The second-order valence-electron chi connectivity index (χ2n) is 7.90. The predicted octanol–water partition coefficient (Wildman–Crippen LogP) is 3.97. The Balaban J connectivity index is 0.00000280. The number of rotatable bonds is 2. The first kappa shape index (κ1) is 22.8. The molecular formula is C18H21F5O4S. The summed E-state index contributed by atoms with van der Waals surface area (Å²) in [6.45, 7) is 3.98. The standard InChI is InChI=1S/C18H19F5O3S.H2O/c1-16(2)7-3-4-10(8-16)11-5-6-13(27(25,26)18(21,22)23)14-12(11)9-17(19,20)15(14)24;/h4-6,15,24H,3,7-9H2,1-2H3;1H2/t15-;/m0./s1. The molecule has 0 bridgehead atoms. The van der Waals surface area contributed by atoms with E-state index in [-0.39, 0.29) is 22.0 Å². The topological polar surface area (TPSA) is 85.9 Å². The average molecular weight is 428 g/mol. The highest BCUT2D eigenvalue weighted by atomic mass is 32.2. The van der Waals surface area contributed by atoms with Gasteiger partial charge in [0.25, 0.3) is 15.8 Å². The lowest BCUT2D eigenvalue weighted by molar-refractivity contribution is -0.0978. The first-order valence-electron chi connectivity index (χ1n) is 8.40. The van der Waals surface area contributed by atoms with Gasteiger partial charge in [-0.1, -0.05) is 26.0 Å². The van der Waals surface area contributed by atoms with Crippen LogP contribution in [-0.4, -0.2) is 30.4 Å². The Labute approximate surface area is 159 Å². The Morgan fingerprint density at radius 2 is 1.75 bits per heavy atom. The fourth-order valence-corrected chi connectivity index (χ4v) is 4.88. The van der Waals surface area contributed by atoms with Gasteiger partial charge in [0.2, 0.25) is 0 Å². The van der Waals surface area contributed by atoms with Crippen molar-refractivity contribution in [1.82, 2.24) is 0 Å². The second kappa shape index (κ2) is 6.77. The van der Waals surface area contributed by atoms with Gasteiger partial charge < -0.3 is 10.6 Å². The number of halogens is 5. The molecule has 0 aliphatic heterocycles. The van der Waals surface area contributed by atoms with Crippen LogP contribution in [0.1, 0.15) is 55.9 Å². The first-order chi connectivity index (χ1) is 12.2. The van der Waals surface area contributed by atoms with Crippen LogP contribution in [0.3, 0.4) is 0 Å². The van der Waals surface area contributed by atoms with E-state index in [0.29, 0.717) is 24.5 Å². The summed E-state index contributed by atoms with van der Waals surface area (Å²) < 4.78 is 91.0. The highest BCUT2D eigenvalue weighted by molar-refractivity contribution is 7.92. The van der Waals surface area contributed by atoms with Gasteiger partial charge in [0.05, 0.1) is 4.90 Å². The quantitative estimate of drug-likeness (QED) is 0.723. The van der Waals surface area contributed by atoms with Crippen molar-refractivity contribution in [3.63, 3.8) is 0 Å². The van der Waals surface area contributed by atoms with Crippen molar-refractivity contribution >= 4 is 15.4 Å². The molecule has 0 spiro atoms. The SMILES string of the molecule is CC1(C)CCC=C(c2ccc(S(=O)(=O)C(F)(F)F)c3c2CC(F)(F)[C@H]3O)C1.O. The molecule has 158 valence electrons. The van der Waals surface area contributed by atoms with Gasteiger partial charge in [-0.15, -0.1) is 0 Å². The lowest BCUT2D eigenvalue weighted by atomic mass is 9.75. The average Bonchev–Trinajstić information content (AvgIpc) is 2.74. The predicted molar refractivity (Wildman–Crippen MR) is 92.5 cm³/mol. The number of hydrogen-bond acceptors (Lipinski definition) is 3. The summed E-state index contributed by atoms with van der Waals surface area (Å²) in [5, 5.41) is 9.94. The van der Waals surface area contributed by atoms with Crippen LogP contribution in [0.2, 0.25) is 0 Å². The zero-order valence-electron chi connectivity index (χ0n) is 15.2. The third-order valence-electron chi connectivity index (χ3n) is 5.22. The normalized spacial score (nSPS) is 23.6. The molecule has 1 aromatic carbocycles. The van der Waals surface area contributed by atoms with Crippen molar-refractivity contribution in [1.29, 1.82) is 0 Å². The molecular weight excluding hydrogens is 407 g/mol. The summed E-state index contributed by atoms with van der Waals surface area (Å²) in [6.07, 6.45) is 0.305. The largest absolute Gasteiger partial charge is 0.501 e. The molecule has 0 fully saturated rings. The summed E-state index contributed by atoms with van der Waals surface area (Å²) in [5.74, 6) is -3.74. The molecule has 3 rings (SSSR count). The molecule has 0 radical (unpaired) electrons. The van der Waals surface area contributed by atoms with Crippen LogP contribution in [0, 0.1) is 5.41 Å². The molecule has 0 saturated carbocycles. The molecule has 0 heterocycles. The van der Waals surface area contributed by atoms with Crippen LogP contribution in [0.4, 0.5) is 22.0 Å². The number of allylic oxidation sites excluding steroid dienone is 2. The van der Waals surface area contributed by atoms with E-state index in [1.807, 2.05) is 19.9 Å². The van der Waals surface area contributed by atoms with Gasteiger partial charge in [-0.25, -0.2) is 17.2 Å². The molecule has 0 aromatic heterocycles. The van der Waals surface area contributed by atoms with Crippen LogP contribution in [0.25, 0.3) is 5.57 Å². The van der Waals surface area contributed by atoms with Crippen molar-refractivity contribution < 1.29 is 41.0 Å². The molecule has 0 unspecified atom stereocenters. The van der Waals surface area contributed by atoms with Crippen molar-refractivity contribution in [2.45, 2.75) is 62.0 Å². The van der Waals surface area contributed by atoms with E-state index in [0.717, 1.165) is 12.5 Å². The molecule has 0 amide bonds. The van der Waals surface area contributed by atoms with Crippen LogP contribution >= 0.6 is 0 Å². The molecule has 10 heteroatoms. The fourth-order valence-electron chi connectivity index (χ4n) is 3.86. The number of fused-ring (bicyclic) bond motifs is 1. The second-order valence-corrected chi connectivity index (χ2v) is 9.81. The Morgan fingerprint density at radius 1 is 1.14 bits per heavy atom. The van der Waals surface area contributed by atoms with Crippen LogP contribution in [0.5, 0.6) is 0 Å². The minimum Gasteiger partial charge on any atom is -0.412 e. The molecule has 2 aliphatic carbocycles. The summed E-state index contributed by atoms with van der Waals surface area (Å²) in [5.41, 5.74) is -5.85. The molecule has 3 N–H and O–H groups in total. The maximum Gasteiger partial charge on any atom is 0.501 e. The summed E-state index contributed by atoms with van der Waals surface area (Å²) in [4.78, 5) is -1.30. The Morgan fingerprint density at radius 3 is 2.29 bits per heavy atom. The van der Waals surface area contributed by atoms with E-state index in [4.69, 9.17) is 0 Å². The summed E-state index contributed by atoms with van der Waals surface area (Å²) in [6, 6.07) is 1.84. The Bertz CT molecular complexity index is 917. The minimum atomic E-state index is -5.87. The van der Waals surface area contributed by atoms with E-state index >= 15 is 0 Å². The Kier molecular flexibility index (Phi) is 5.51. The zero-order chi connectivity index (χ0) is 20.4. The maximum absolute atomic E-state index is 14.1. The van der Waals surface area contributed by atoms with Gasteiger partial charge in [0.15, 0.2) is 0 Å². The van der Waals surface area contributed by atoms with E-state index in [9.17, 15) is 35.5 Å². The minimum absolute atomic E-state index is 0. The van der Waals surface area contributed by atoms with Crippen molar-refractivity contribution in [3.05, 3.63) is 34.9 Å². The van der Waals surface area contributed by atoms with Gasteiger partial charge >= 0.3 is 5.51 Å². The molecule has 4 nitrogen and oxygen atoms in total. The van der Waals surface area contributed by atoms with Crippen LogP contribution in [-0.2, 0) is 16.3 Å². The summed E-state index contributed by atoms with van der Waals surface area (Å²) >= 11 is 0. The molecule has 28 heavy (non-hydrogen) atoms. The number of sulfone groups is 1. The lowest BCUT2D eigenvalue weighted by Gasteiger charge is -2.31. The zero-order valence-corrected chi connectivity index (χ0v) is 16.0. The maximum atomic E-state index is 14.1.